The molecule has 0 aliphatic carbocycles. The lowest BCUT2D eigenvalue weighted by Crippen LogP contribution is -2.20. The zero-order valence-corrected chi connectivity index (χ0v) is 8.62. The molecular weight excluding hydrogens is 223 g/mol. The summed E-state index contributed by atoms with van der Waals surface area (Å²) in [5, 5.41) is -1.21. The zero-order chi connectivity index (χ0) is 11.4. The largest absolute Gasteiger partial charge is 0.463 e. The van der Waals surface area contributed by atoms with Crippen LogP contribution in [0.4, 0.5) is 4.39 Å². The SMILES string of the molecule is COC(=O)C(=O)[C@H](Cl)c1cccc(F)c1. The maximum atomic E-state index is 12.8. The lowest BCUT2D eigenvalue weighted by molar-refractivity contribution is -0.151. The molecule has 0 unspecified atom stereocenters. The number of esters is 1. The number of carbonyl (C=O) groups is 2. The van der Waals surface area contributed by atoms with Crippen molar-refractivity contribution in [3.63, 3.8) is 0 Å². The van der Waals surface area contributed by atoms with Crippen LogP contribution in [-0.2, 0) is 14.3 Å². The molecule has 5 heteroatoms. The predicted octanol–water partition coefficient (Wildman–Crippen LogP) is 1.85. The Morgan fingerprint density at radius 3 is 2.67 bits per heavy atom. The van der Waals surface area contributed by atoms with Gasteiger partial charge in [0.25, 0.3) is 5.78 Å². The Balaban J connectivity index is 2.89. The molecule has 1 aromatic rings. The third-order valence-electron chi connectivity index (χ3n) is 1.76. The van der Waals surface area contributed by atoms with E-state index in [1.54, 1.807) is 0 Å². The molecule has 0 amide bonds. The van der Waals surface area contributed by atoms with Crippen molar-refractivity contribution in [1.29, 1.82) is 0 Å². The standard InChI is InChI=1S/C10H8ClFO3/c1-15-10(14)9(13)8(11)6-3-2-4-7(12)5-6/h2-5,8H,1H3/t8-/m1/s1. The molecule has 0 saturated carbocycles. The van der Waals surface area contributed by atoms with Gasteiger partial charge in [0.15, 0.2) is 0 Å². The molecule has 1 atom stereocenters. The molecule has 0 bridgehead atoms. The van der Waals surface area contributed by atoms with Crippen molar-refractivity contribution in [3.05, 3.63) is 35.6 Å². The van der Waals surface area contributed by atoms with Gasteiger partial charge in [-0.3, -0.25) is 4.79 Å². The minimum absolute atomic E-state index is 0.229. The van der Waals surface area contributed by atoms with Gasteiger partial charge in [-0.25, -0.2) is 9.18 Å². The second kappa shape index (κ2) is 4.89. The van der Waals surface area contributed by atoms with Gasteiger partial charge in [0.05, 0.1) is 7.11 Å². The van der Waals surface area contributed by atoms with Crippen LogP contribution < -0.4 is 0 Å². The minimum Gasteiger partial charge on any atom is -0.463 e. The molecule has 0 aliphatic rings. The van der Waals surface area contributed by atoms with Gasteiger partial charge in [-0.1, -0.05) is 12.1 Å². The first-order chi connectivity index (χ1) is 7.06. The fourth-order valence-electron chi connectivity index (χ4n) is 1.02. The maximum absolute atomic E-state index is 12.8. The Labute approximate surface area is 90.8 Å². The molecule has 3 nitrogen and oxygen atoms in total. The monoisotopic (exact) mass is 230 g/mol. The van der Waals surface area contributed by atoms with Gasteiger partial charge in [0, 0.05) is 0 Å². The second-order valence-electron chi connectivity index (χ2n) is 2.77. The van der Waals surface area contributed by atoms with Crippen LogP contribution in [0.25, 0.3) is 0 Å². The van der Waals surface area contributed by atoms with Crippen molar-refractivity contribution in [2.45, 2.75) is 5.38 Å². The van der Waals surface area contributed by atoms with Gasteiger partial charge >= 0.3 is 5.97 Å². The van der Waals surface area contributed by atoms with E-state index in [2.05, 4.69) is 4.74 Å². The van der Waals surface area contributed by atoms with Crippen molar-refractivity contribution >= 4 is 23.4 Å². The van der Waals surface area contributed by atoms with Crippen molar-refractivity contribution in [2.75, 3.05) is 7.11 Å². The predicted molar refractivity (Wildman–Crippen MR) is 52.0 cm³/mol. The number of rotatable bonds is 3. The van der Waals surface area contributed by atoms with Gasteiger partial charge in [0.1, 0.15) is 11.2 Å². The van der Waals surface area contributed by atoms with Crippen LogP contribution in [0.3, 0.4) is 0 Å². The maximum Gasteiger partial charge on any atom is 0.376 e. The van der Waals surface area contributed by atoms with E-state index in [-0.39, 0.29) is 5.56 Å². The molecule has 0 fully saturated rings. The topological polar surface area (TPSA) is 43.4 Å². The van der Waals surface area contributed by atoms with Gasteiger partial charge in [-0.2, -0.15) is 0 Å². The van der Waals surface area contributed by atoms with Crippen molar-refractivity contribution in [2.24, 2.45) is 0 Å². The third-order valence-corrected chi connectivity index (χ3v) is 2.21. The highest BCUT2D eigenvalue weighted by atomic mass is 35.5. The molecule has 0 saturated heterocycles. The lowest BCUT2D eigenvalue weighted by Gasteiger charge is -2.06. The highest BCUT2D eigenvalue weighted by Gasteiger charge is 2.25. The molecule has 1 aromatic carbocycles. The van der Waals surface area contributed by atoms with Crippen molar-refractivity contribution in [1.82, 2.24) is 0 Å². The number of Topliss-reactive ketones (excluding diaryl/α,β-unsaturated/α-hetero) is 1. The average molecular weight is 231 g/mol. The number of hydrogen-bond donors (Lipinski definition) is 0. The van der Waals surface area contributed by atoms with Crippen LogP contribution in [0, 0.1) is 5.82 Å². The number of hydrogen-bond acceptors (Lipinski definition) is 3. The Bertz CT molecular complexity index is 392. The number of alkyl halides is 1. The number of ketones is 1. The van der Waals surface area contributed by atoms with E-state index in [9.17, 15) is 14.0 Å². The summed E-state index contributed by atoms with van der Waals surface area (Å²) in [5.74, 6) is -2.47. The molecular formula is C10H8ClFO3. The summed E-state index contributed by atoms with van der Waals surface area (Å²) < 4.78 is 17.0. The Hall–Kier alpha value is -1.42. The molecule has 0 aromatic heterocycles. The van der Waals surface area contributed by atoms with E-state index in [1.165, 1.54) is 18.2 Å². The summed E-state index contributed by atoms with van der Waals surface area (Å²) >= 11 is 5.69. The van der Waals surface area contributed by atoms with Crippen molar-refractivity contribution in [3.8, 4) is 0 Å². The first-order valence-electron chi connectivity index (χ1n) is 4.08. The Morgan fingerprint density at radius 2 is 2.13 bits per heavy atom. The van der Waals surface area contributed by atoms with E-state index in [0.717, 1.165) is 13.2 Å². The first kappa shape index (κ1) is 11.7. The van der Waals surface area contributed by atoms with Crippen LogP contribution in [0.15, 0.2) is 24.3 Å². The molecule has 0 N–H and O–H groups in total. The van der Waals surface area contributed by atoms with Gasteiger partial charge < -0.3 is 4.74 Å². The van der Waals surface area contributed by atoms with Crippen LogP contribution >= 0.6 is 11.6 Å². The van der Waals surface area contributed by atoms with Crippen LogP contribution in [0.1, 0.15) is 10.9 Å². The Morgan fingerprint density at radius 1 is 1.47 bits per heavy atom. The molecule has 0 radical (unpaired) electrons. The highest BCUT2D eigenvalue weighted by Crippen LogP contribution is 2.22. The second-order valence-corrected chi connectivity index (χ2v) is 3.21. The summed E-state index contributed by atoms with van der Waals surface area (Å²) in [5.41, 5.74) is 0.229. The zero-order valence-electron chi connectivity index (χ0n) is 7.87. The summed E-state index contributed by atoms with van der Waals surface area (Å²) in [6, 6.07) is 5.18. The molecule has 0 spiro atoms. The lowest BCUT2D eigenvalue weighted by atomic mass is 10.1. The Kier molecular flexibility index (Phi) is 3.80. The molecule has 15 heavy (non-hydrogen) atoms. The summed E-state index contributed by atoms with van der Waals surface area (Å²) in [7, 11) is 1.08. The molecule has 0 aliphatic heterocycles. The molecule has 1 rings (SSSR count). The summed E-state index contributed by atoms with van der Waals surface area (Å²) in [6.07, 6.45) is 0. The van der Waals surface area contributed by atoms with Gasteiger partial charge in [-0.05, 0) is 17.7 Å². The van der Waals surface area contributed by atoms with Gasteiger partial charge in [-0.15, -0.1) is 11.6 Å². The number of ether oxygens (including phenoxy) is 1. The van der Waals surface area contributed by atoms with Gasteiger partial charge in [0.2, 0.25) is 0 Å². The number of methoxy groups -OCH3 is 1. The number of carbonyl (C=O) groups excluding carboxylic acids is 2. The highest BCUT2D eigenvalue weighted by molar-refractivity contribution is 6.47. The van der Waals surface area contributed by atoms with E-state index in [4.69, 9.17) is 11.6 Å². The van der Waals surface area contributed by atoms with E-state index >= 15 is 0 Å². The van der Waals surface area contributed by atoms with Crippen LogP contribution in [0.5, 0.6) is 0 Å². The smallest absolute Gasteiger partial charge is 0.376 e. The summed E-state index contributed by atoms with van der Waals surface area (Å²) in [6.45, 7) is 0. The van der Waals surface area contributed by atoms with Crippen molar-refractivity contribution < 1.29 is 18.7 Å². The quantitative estimate of drug-likeness (QED) is 0.452. The van der Waals surface area contributed by atoms with Crippen LogP contribution in [-0.4, -0.2) is 18.9 Å². The molecule has 0 heterocycles. The van der Waals surface area contributed by atoms with E-state index < -0.39 is 22.9 Å². The third kappa shape index (κ3) is 2.76. The minimum atomic E-state index is -1.21. The van der Waals surface area contributed by atoms with Crippen LogP contribution in [0.2, 0.25) is 0 Å². The average Bonchev–Trinajstić information content (AvgIpc) is 2.26. The fraction of sp³-hybridized carbons (Fsp3) is 0.200. The fourth-order valence-corrected chi connectivity index (χ4v) is 1.24. The normalized spacial score (nSPS) is 11.9. The number of halogens is 2. The first-order valence-corrected chi connectivity index (χ1v) is 4.51. The van der Waals surface area contributed by atoms with E-state index in [1.807, 2.05) is 0 Å². The molecule has 80 valence electrons. The number of benzene rings is 1. The summed E-state index contributed by atoms with van der Waals surface area (Å²) in [4.78, 5) is 22.1. The van der Waals surface area contributed by atoms with E-state index in [0.29, 0.717) is 0 Å².